The third kappa shape index (κ3) is 4.11. The number of benzene rings is 2. The zero-order valence-corrected chi connectivity index (χ0v) is 17.1. The minimum Gasteiger partial charge on any atom is -0.352 e. The Bertz CT molecular complexity index is 1130. The Labute approximate surface area is 176 Å². The van der Waals surface area contributed by atoms with Crippen LogP contribution in [0.15, 0.2) is 54.6 Å². The first-order chi connectivity index (χ1) is 14.5. The van der Waals surface area contributed by atoms with Gasteiger partial charge in [0.25, 0.3) is 0 Å². The van der Waals surface area contributed by atoms with Crippen LogP contribution < -0.4 is 15.5 Å². The fourth-order valence-electron chi connectivity index (χ4n) is 3.65. The highest BCUT2D eigenvalue weighted by atomic mass is 16.2. The SMILES string of the molecule is Cc1ccc(NC(=O)Nc2cccc3c2CCN(c2ccc(C)c(C#N)n2)C3)cc1. The van der Waals surface area contributed by atoms with Crippen molar-refractivity contribution in [3.05, 3.63) is 82.5 Å². The Kier molecular flexibility index (Phi) is 5.36. The van der Waals surface area contributed by atoms with E-state index in [1.165, 1.54) is 0 Å². The van der Waals surface area contributed by atoms with Gasteiger partial charge in [0.1, 0.15) is 17.6 Å². The van der Waals surface area contributed by atoms with E-state index in [1.54, 1.807) is 0 Å². The summed E-state index contributed by atoms with van der Waals surface area (Å²) in [6.45, 7) is 5.36. The van der Waals surface area contributed by atoms with E-state index in [0.717, 1.165) is 52.4 Å². The molecule has 0 fully saturated rings. The van der Waals surface area contributed by atoms with Crippen molar-refractivity contribution in [1.29, 1.82) is 5.26 Å². The minimum absolute atomic E-state index is 0.256. The Hall–Kier alpha value is -3.85. The van der Waals surface area contributed by atoms with Crippen LogP contribution in [0.5, 0.6) is 0 Å². The van der Waals surface area contributed by atoms with Crippen LogP contribution in [0.1, 0.15) is 27.9 Å². The molecule has 0 bridgehead atoms. The third-order valence-corrected chi connectivity index (χ3v) is 5.34. The molecule has 2 N–H and O–H groups in total. The zero-order chi connectivity index (χ0) is 21.1. The van der Waals surface area contributed by atoms with E-state index >= 15 is 0 Å². The summed E-state index contributed by atoms with van der Waals surface area (Å²) < 4.78 is 0. The molecule has 2 amide bonds. The Morgan fingerprint density at radius 3 is 2.63 bits per heavy atom. The van der Waals surface area contributed by atoms with Crippen molar-refractivity contribution in [2.45, 2.75) is 26.8 Å². The number of nitrogens with one attached hydrogen (secondary N) is 2. The monoisotopic (exact) mass is 397 g/mol. The average molecular weight is 397 g/mol. The normalized spacial score (nSPS) is 12.6. The van der Waals surface area contributed by atoms with E-state index in [0.29, 0.717) is 12.2 Å². The number of pyridine rings is 1. The number of nitriles is 1. The van der Waals surface area contributed by atoms with Crippen molar-refractivity contribution >= 4 is 23.2 Å². The summed E-state index contributed by atoms with van der Waals surface area (Å²) in [5.74, 6) is 0.804. The molecule has 1 aliphatic heterocycles. The van der Waals surface area contributed by atoms with Gasteiger partial charge in [0.15, 0.2) is 0 Å². The van der Waals surface area contributed by atoms with Crippen LogP contribution in [0.4, 0.5) is 22.0 Å². The lowest BCUT2D eigenvalue weighted by molar-refractivity contribution is 0.262. The molecular weight excluding hydrogens is 374 g/mol. The molecule has 150 valence electrons. The lowest BCUT2D eigenvalue weighted by Gasteiger charge is -2.31. The number of urea groups is 1. The van der Waals surface area contributed by atoms with Gasteiger partial charge in [0.2, 0.25) is 0 Å². The number of anilines is 3. The van der Waals surface area contributed by atoms with E-state index < -0.39 is 0 Å². The molecule has 3 aromatic rings. The number of aryl methyl sites for hydroxylation is 2. The van der Waals surface area contributed by atoms with Crippen molar-refractivity contribution in [2.24, 2.45) is 0 Å². The molecule has 0 saturated heterocycles. The number of carbonyl (C=O) groups excluding carboxylic acids is 1. The first-order valence-electron chi connectivity index (χ1n) is 9.91. The van der Waals surface area contributed by atoms with Gasteiger partial charge in [-0.25, -0.2) is 9.78 Å². The molecule has 0 spiro atoms. The van der Waals surface area contributed by atoms with Crippen LogP contribution in [0.25, 0.3) is 0 Å². The maximum Gasteiger partial charge on any atom is 0.323 e. The van der Waals surface area contributed by atoms with Gasteiger partial charge in [-0.05, 0) is 61.2 Å². The highest BCUT2D eigenvalue weighted by molar-refractivity contribution is 6.00. The summed E-state index contributed by atoms with van der Waals surface area (Å²) in [6, 6.07) is 19.4. The number of aromatic nitrogens is 1. The van der Waals surface area contributed by atoms with Crippen LogP contribution >= 0.6 is 0 Å². The second-order valence-electron chi connectivity index (χ2n) is 7.51. The average Bonchev–Trinajstić information content (AvgIpc) is 2.75. The minimum atomic E-state index is -0.256. The zero-order valence-electron chi connectivity index (χ0n) is 17.1. The van der Waals surface area contributed by atoms with Gasteiger partial charge in [0, 0.05) is 24.5 Å². The Morgan fingerprint density at radius 1 is 1.07 bits per heavy atom. The molecule has 0 atom stereocenters. The molecule has 1 aromatic heterocycles. The molecule has 6 heteroatoms. The van der Waals surface area contributed by atoms with Gasteiger partial charge < -0.3 is 15.5 Å². The van der Waals surface area contributed by atoms with Crippen molar-refractivity contribution < 1.29 is 4.79 Å². The molecular formula is C24H23N5O. The highest BCUT2D eigenvalue weighted by Crippen LogP contribution is 2.29. The van der Waals surface area contributed by atoms with Crippen LogP contribution in [0.3, 0.4) is 0 Å². The summed E-state index contributed by atoms with van der Waals surface area (Å²) in [5, 5.41) is 15.1. The van der Waals surface area contributed by atoms with Gasteiger partial charge in [-0.1, -0.05) is 35.9 Å². The van der Waals surface area contributed by atoms with Crippen LogP contribution in [0, 0.1) is 25.2 Å². The summed E-state index contributed by atoms with van der Waals surface area (Å²) in [4.78, 5) is 19.1. The van der Waals surface area contributed by atoms with Crippen molar-refractivity contribution in [1.82, 2.24) is 4.98 Å². The number of hydrogen-bond donors (Lipinski definition) is 2. The van der Waals surface area contributed by atoms with Crippen molar-refractivity contribution in [3.8, 4) is 6.07 Å². The maximum absolute atomic E-state index is 12.5. The highest BCUT2D eigenvalue weighted by Gasteiger charge is 2.21. The number of rotatable bonds is 3. The van der Waals surface area contributed by atoms with E-state index in [4.69, 9.17) is 0 Å². The predicted molar refractivity (Wildman–Crippen MR) is 119 cm³/mol. The van der Waals surface area contributed by atoms with Gasteiger partial charge in [0.05, 0.1) is 0 Å². The van der Waals surface area contributed by atoms with E-state index in [1.807, 2.05) is 62.4 Å². The standard InChI is InChI=1S/C24H23N5O/c1-16-6-9-19(10-7-16)26-24(30)28-21-5-3-4-18-15-29(13-12-20(18)21)23-11-8-17(2)22(14-25)27-23/h3-11H,12-13,15H2,1-2H3,(H2,26,28,30). The van der Waals surface area contributed by atoms with Crippen LogP contribution in [0.2, 0.25) is 0 Å². The number of hydrogen-bond acceptors (Lipinski definition) is 4. The summed E-state index contributed by atoms with van der Waals surface area (Å²) in [7, 11) is 0. The summed E-state index contributed by atoms with van der Waals surface area (Å²) in [5.41, 5.74) is 6.36. The van der Waals surface area contributed by atoms with E-state index in [9.17, 15) is 10.1 Å². The third-order valence-electron chi connectivity index (χ3n) is 5.34. The van der Waals surface area contributed by atoms with Gasteiger partial charge in [-0.2, -0.15) is 5.26 Å². The van der Waals surface area contributed by atoms with Gasteiger partial charge in [-0.15, -0.1) is 0 Å². The molecule has 2 aromatic carbocycles. The summed E-state index contributed by atoms with van der Waals surface area (Å²) >= 11 is 0. The second-order valence-corrected chi connectivity index (χ2v) is 7.51. The quantitative estimate of drug-likeness (QED) is 0.667. The Balaban J connectivity index is 1.49. The lowest BCUT2D eigenvalue weighted by atomic mass is 9.97. The molecule has 4 rings (SSSR count). The fraction of sp³-hybridized carbons (Fsp3) is 0.208. The largest absolute Gasteiger partial charge is 0.352 e. The molecule has 2 heterocycles. The fourth-order valence-corrected chi connectivity index (χ4v) is 3.65. The maximum atomic E-state index is 12.5. The van der Waals surface area contributed by atoms with Gasteiger partial charge in [-0.3, -0.25) is 0 Å². The molecule has 0 saturated carbocycles. The second kappa shape index (κ2) is 8.26. The molecule has 0 aliphatic carbocycles. The molecule has 30 heavy (non-hydrogen) atoms. The molecule has 6 nitrogen and oxygen atoms in total. The van der Waals surface area contributed by atoms with Crippen LogP contribution in [-0.4, -0.2) is 17.6 Å². The summed E-state index contributed by atoms with van der Waals surface area (Å²) in [6.07, 6.45) is 0.785. The molecule has 0 unspecified atom stereocenters. The van der Waals surface area contributed by atoms with E-state index in [-0.39, 0.29) is 6.03 Å². The lowest BCUT2D eigenvalue weighted by Crippen LogP contribution is -2.32. The first-order valence-corrected chi connectivity index (χ1v) is 9.91. The van der Waals surface area contributed by atoms with Crippen molar-refractivity contribution in [3.63, 3.8) is 0 Å². The molecule has 0 radical (unpaired) electrons. The van der Waals surface area contributed by atoms with E-state index in [2.05, 4.69) is 32.7 Å². The Morgan fingerprint density at radius 2 is 1.87 bits per heavy atom. The first kappa shape index (κ1) is 19.5. The number of fused-ring (bicyclic) bond motifs is 1. The number of amides is 2. The van der Waals surface area contributed by atoms with Gasteiger partial charge >= 0.3 is 6.03 Å². The van der Waals surface area contributed by atoms with Crippen LogP contribution in [-0.2, 0) is 13.0 Å². The smallest absolute Gasteiger partial charge is 0.323 e. The predicted octanol–water partition coefficient (Wildman–Crippen LogP) is 4.78. The van der Waals surface area contributed by atoms with Crippen molar-refractivity contribution in [2.75, 3.05) is 22.1 Å². The molecule has 1 aliphatic rings. The topological polar surface area (TPSA) is 81.0 Å². The number of carbonyl (C=O) groups is 1. The number of nitrogens with zero attached hydrogens (tertiary/aromatic N) is 3.